The second kappa shape index (κ2) is 7.78. The molecule has 2 N–H and O–H groups in total. The summed E-state index contributed by atoms with van der Waals surface area (Å²) in [4.78, 5) is 25.8. The first kappa shape index (κ1) is 18.0. The maximum absolute atomic E-state index is 12.3. The number of hydrogen-bond donors (Lipinski definition) is 2. The number of piperidine rings is 1. The second-order valence-electron chi connectivity index (χ2n) is 6.42. The van der Waals surface area contributed by atoms with Crippen molar-refractivity contribution in [3.8, 4) is 0 Å². The summed E-state index contributed by atoms with van der Waals surface area (Å²) in [6.07, 6.45) is 3.03. The third-order valence-corrected chi connectivity index (χ3v) is 4.74. The molecule has 0 radical (unpaired) electrons. The van der Waals surface area contributed by atoms with Crippen molar-refractivity contribution in [3.05, 3.63) is 0 Å². The Morgan fingerprint density at radius 1 is 1.43 bits per heavy atom. The number of likely N-dealkylation sites (tertiary alicyclic amines) is 1. The van der Waals surface area contributed by atoms with Crippen molar-refractivity contribution in [2.75, 3.05) is 19.6 Å². The summed E-state index contributed by atoms with van der Waals surface area (Å²) in [5.74, 6) is 0.0376. The molecular weight excluding hydrogens is 268 g/mol. The highest BCUT2D eigenvalue weighted by Gasteiger charge is 2.31. The van der Waals surface area contributed by atoms with Gasteiger partial charge in [0.1, 0.15) is 0 Å². The van der Waals surface area contributed by atoms with Crippen molar-refractivity contribution in [3.63, 3.8) is 0 Å². The Morgan fingerprint density at radius 3 is 2.67 bits per heavy atom. The lowest BCUT2D eigenvalue weighted by molar-refractivity contribution is -0.136. The molecule has 3 unspecified atom stereocenters. The summed E-state index contributed by atoms with van der Waals surface area (Å²) in [5.41, 5.74) is -0.891. The molecule has 5 nitrogen and oxygen atoms in total. The maximum Gasteiger partial charge on any atom is 0.225 e. The quantitative estimate of drug-likeness (QED) is 0.781. The van der Waals surface area contributed by atoms with E-state index in [1.54, 1.807) is 11.8 Å². The van der Waals surface area contributed by atoms with Gasteiger partial charge in [-0.25, -0.2) is 0 Å². The number of rotatable bonds is 6. The number of nitrogens with zero attached hydrogens (tertiary/aromatic N) is 1. The highest BCUT2D eigenvalue weighted by atomic mass is 16.3. The Balaban J connectivity index is 2.50. The minimum Gasteiger partial charge on any atom is -0.388 e. The van der Waals surface area contributed by atoms with E-state index in [1.807, 2.05) is 20.8 Å². The van der Waals surface area contributed by atoms with E-state index in [9.17, 15) is 14.7 Å². The summed E-state index contributed by atoms with van der Waals surface area (Å²) >= 11 is 0. The zero-order chi connectivity index (χ0) is 16.0. The first-order chi connectivity index (χ1) is 9.81. The predicted molar refractivity (Wildman–Crippen MR) is 82.7 cm³/mol. The third kappa shape index (κ3) is 4.99. The van der Waals surface area contributed by atoms with E-state index in [2.05, 4.69) is 5.32 Å². The molecule has 3 atom stereocenters. The predicted octanol–water partition coefficient (Wildman–Crippen LogP) is 1.55. The first-order valence-electron chi connectivity index (χ1n) is 8.09. The van der Waals surface area contributed by atoms with Crippen molar-refractivity contribution in [1.82, 2.24) is 10.2 Å². The number of aliphatic hydroxyl groups is 1. The Morgan fingerprint density at radius 2 is 2.10 bits per heavy atom. The number of carbonyl (C=O) groups excluding carboxylic acids is 2. The molecule has 1 fully saturated rings. The molecular formula is C16H30N2O3. The summed E-state index contributed by atoms with van der Waals surface area (Å²) < 4.78 is 0. The molecule has 1 aliphatic rings. The average molecular weight is 298 g/mol. The molecule has 2 amide bonds. The van der Waals surface area contributed by atoms with Gasteiger partial charge in [0.2, 0.25) is 11.8 Å². The van der Waals surface area contributed by atoms with Crippen molar-refractivity contribution in [2.24, 2.45) is 11.8 Å². The van der Waals surface area contributed by atoms with E-state index >= 15 is 0 Å². The van der Waals surface area contributed by atoms with E-state index < -0.39 is 5.60 Å². The average Bonchev–Trinajstić information content (AvgIpc) is 2.50. The Labute approximate surface area is 128 Å². The Hall–Kier alpha value is -1.10. The molecule has 21 heavy (non-hydrogen) atoms. The van der Waals surface area contributed by atoms with Crippen LogP contribution in [-0.4, -0.2) is 47.1 Å². The standard InChI is InChI=1S/C16H30N2O3/c1-5-12(3)16(4,21)11-17-15(20)13-8-7-9-18(10-13)14(19)6-2/h12-13,21H,5-11H2,1-4H3,(H,17,20). The zero-order valence-electron chi connectivity index (χ0n) is 13.8. The van der Waals surface area contributed by atoms with E-state index in [4.69, 9.17) is 0 Å². The number of hydrogen-bond acceptors (Lipinski definition) is 3. The van der Waals surface area contributed by atoms with Gasteiger partial charge in [-0.3, -0.25) is 9.59 Å². The van der Waals surface area contributed by atoms with Gasteiger partial charge in [-0.15, -0.1) is 0 Å². The van der Waals surface area contributed by atoms with Crippen LogP contribution in [0.3, 0.4) is 0 Å². The fourth-order valence-electron chi connectivity index (χ4n) is 2.67. The van der Waals surface area contributed by atoms with E-state index in [1.165, 1.54) is 0 Å². The lowest BCUT2D eigenvalue weighted by atomic mass is 9.88. The van der Waals surface area contributed by atoms with Crippen molar-refractivity contribution < 1.29 is 14.7 Å². The lowest BCUT2D eigenvalue weighted by Crippen LogP contribution is -2.50. The third-order valence-electron chi connectivity index (χ3n) is 4.74. The van der Waals surface area contributed by atoms with Crippen LogP contribution in [0.4, 0.5) is 0 Å². The van der Waals surface area contributed by atoms with Crippen LogP contribution in [0.2, 0.25) is 0 Å². The normalized spacial score (nSPS) is 23.3. The minimum absolute atomic E-state index is 0.0489. The zero-order valence-corrected chi connectivity index (χ0v) is 13.8. The van der Waals surface area contributed by atoms with Gasteiger partial charge < -0.3 is 15.3 Å². The molecule has 1 saturated heterocycles. The van der Waals surface area contributed by atoms with Gasteiger partial charge >= 0.3 is 0 Å². The molecule has 0 bridgehead atoms. The molecule has 5 heteroatoms. The van der Waals surface area contributed by atoms with Gasteiger partial charge in [-0.1, -0.05) is 27.2 Å². The molecule has 0 spiro atoms. The molecule has 0 aromatic rings. The summed E-state index contributed by atoms with van der Waals surface area (Å²) in [6.45, 7) is 9.12. The number of nitrogens with one attached hydrogen (secondary N) is 1. The van der Waals surface area contributed by atoms with Crippen molar-refractivity contribution >= 4 is 11.8 Å². The summed E-state index contributed by atoms with van der Waals surface area (Å²) in [6, 6.07) is 0. The van der Waals surface area contributed by atoms with Crippen LogP contribution in [0.5, 0.6) is 0 Å². The molecule has 0 saturated carbocycles. The second-order valence-corrected chi connectivity index (χ2v) is 6.42. The maximum atomic E-state index is 12.3. The van der Waals surface area contributed by atoms with Gasteiger partial charge in [0.05, 0.1) is 11.5 Å². The van der Waals surface area contributed by atoms with Crippen LogP contribution in [0.15, 0.2) is 0 Å². The SMILES string of the molecule is CCC(=O)N1CCCC(C(=O)NCC(C)(O)C(C)CC)C1. The Kier molecular flexibility index (Phi) is 6.65. The highest BCUT2D eigenvalue weighted by Crippen LogP contribution is 2.20. The lowest BCUT2D eigenvalue weighted by Gasteiger charge is -2.34. The van der Waals surface area contributed by atoms with Crippen LogP contribution in [0.1, 0.15) is 53.4 Å². The smallest absolute Gasteiger partial charge is 0.225 e. The first-order valence-corrected chi connectivity index (χ1v) is 8.09. The van der Waals surface area contributed by atoms with Crippen LogP contribution >= 0.6 is 0 Å². The Bertz CT molecular complexity index is 369. The van der Waals surface area contributed by atoms with Gasteiger partial charge in [-0.2, -0.15) is 0 Å². The van der Waals surface area contributed by atoms with E-state index in [-0.39, 0.29) is 30.2 Å². The summed E-state index contributed by atoms with van der Waals surface area (Å²) in [7, 11) is 0. The highest BCUT2D eigenvalue weighted by molar-refractivity contribution is 5.81. The van der Waals surface area contributed by atoms with Gasteiger partial charge in [0.25, 0.3) is 0 Å². The topological polar surface area (TPSA) is 69.6 Å². The molecule has 1 aliphatic heterocycles. The molecule has 0 aromatic carbocycles. The fraction of sp³-hybridized carbons (Fsp3) is 0.875. The van der Waals surface area contributed by atoms with E-state index in [0.717, 1.165) is 25.8 Å². The molecule has 1 rings (SSSR count). The van der Waals surface area contributed by atoms with E-state index in [0.29, 0.717) is 13.0 Å². The fourth-order valence-corrected chi connectivity index (χ4v) is 2.67. The molecule has 0 aliphatic carbocycles. The van der Waals surface area contributed by atoms with Gasteiger partial charge in [0, 0.05) is 26.1 Å². The van der Waals surface area contributed by atoms with Crippen molar-refractivity contribution in [2.45, 2.75) is 59.0 Å². The molecule has 1 heterocycles. The van der Waals surface area contributed by atoms with Crippen LogP contribution in [0.25, 0.3) is 0 Å². The summed E-state index contributed by atoms with van der Waals surface area (Å²) in [5, 5.41) is 13.2. The molecule has 0 aromatic heterocycles. The number of amides is 2. The number of carbonyl (C=O) groups is 2. The van der Waals surface area contributed by atoms with Gasteiger partial charge in [-0.05, 0) is 25.7 Å². The largest absolute Gasteiger partial charge is 0.388 e. The van der Waals surface area contributed by atoms with Crippen LogP contribution in [-0.2, 0) is 9.59 Å². The van der Waals surface area contributed by atoms with Gasteiger partial charge in [0.15, 0.2) is 0 Å². The van der Waals surface area contributed by atoms with Crippen LogP contribution in [0, 0.1) is 11.8 Å². The van der Waals surface area contributed by atoms with Crippen LogP contribution < -0.4 is 5.32 Å². The van der Waals surface area contributed by atoms with Crippen molar-refractivity contribution in [1.29, 1.82) is 0 Å². The monoisotopic (exact) mass is 298 g/mol. The molecule has 122 valence electrons. The minimum atomic E-state index is -0.891.